The van der Waals surface area contributed by atoms with Crippen molar-refractivity contribution in [3.63, 3.8) is 0 Å². The zero-order valence-electron chi connectivity index (χ0n) is 13.0. The van der Waals surface area contributed by atoms with Gasteiger partial charge in [-0.3, -0.25) is 14.9 Å². The number of nitro groups is 1. The minimum absolute atomic E-state index is 0.0242. The van der Waals surface area contributed by atoms with Gasteiger partial charge in [0.1, 0.15) is 10.8 Å². The molecular formula is C16H13Cl2N3O4. The number of carbonyl (C=O) groups excluding carboxylic acids is 1. The van der Waals surface area contributed by atoms with Crippen molar-refractivity contribution in [1.29, 1.82) is 0 Å². The number of hydrogen-bond donors (Lipinski definition) is 1. The van der Waals surface area contributed by atoms with E-state index in [1.54, 1.807) is 37.3 Å². The molecule has 0 bridgehead atoms. The number of ether oxygens (including phenoxy) is 1. The van der Waals surface area contributed by atoms with Crippen LogP contribution >= 0.6 is 23.2 Å². The Kier molecular flexibility index (Phi) is 6.32. The van der Waals surface area contributed by atoms with Gasteiger partial charge in [0.15, 0.2) is 6.10 Å². The van der Waals surface area contributed by atoms with Gasteiger partial charge in [-0.2, -0.15) is 5.10 Å². The number of carbonyl (C=O) groups is 1. The van der Waals surface area contributed by atoms with Crippen LogP contribution in [0.1, 0.15) is 12.5 Å². The summed E-state index contributed by atoms with van der Waals surface area (Å²) in [6, 6.07) is 10.8. The first-order valence-corrected chi connectivity index (χ1v) is 7.81. The summed E-state index contributed by atoms with van der Waals surface area (Å²) in [5.74, 6) is 0.0130. The van der Waals surface area contributed by atoms with Gasteiger partial charge in [0.25, 0.3) is 11.6 Å². The summed E-state index contributed by atoms with van der Waals surface area (Å²) < 4.78 is 5.45. The molecule has 0 saturated heterocycles. The molecular weight excluding hydrogens is 369 g/mol. The Hall–Kier alpha value is -2.64. The monoisotopic (exact) mass is 381 g/mol. The first-order chi connectivity index (χ1) is 11.9. The first-order valence-electron chi connectivity index (χ1n) is 7.06. The fourth-order valence-corrected chi connectivity index (χ4v) is 2.09. The molecule has 0 fully saturated rings. The van der Waals surface area contributed by atoms with Gasteiger partial charge in [-0.05, 0) is 37.3 Å². The van der Waals surface area contributed by atoms with E-state index < -0.39 is 16.9 Å². The molecule has 0 saturated carbocycles. The summed E-state index contributed by atoms with van der Waals surface area (Å²) in [6.07, 6.45) is 0.480. The standard InChI is InChI=1S/C16H13Cl2N3O4/c1-10(25-13-5-3-12(17)4-6-13)16(22)20-19-9-11-2-7-14(18)15(8-11)21(23)24/h2-10H,1H3,(H,20,22)/b19-9-/t10-/m0/s1. The van der Waals surface area contributed by atoms with E-state index in [0.29, 0.717) is 16.3 Å². The van der Waals surface area contributed by atoms with E-state index >= 15 is 0 Å². The lowest BCUT2D eigenvalue weighted by molar-refractivity contribution is -0.384. The van der Waals surface area contributed by atoms with Crippen molar-refractivity contribution in [2.45, 2.75) is 13.0 Å². The smallest absolute Gasteiger partial charge is 0.288 e. The highest BCUT2D eigenvalue weighted by molar-refractivity contribution is 6.32. The van der Waals surface area contributed by atoms with E-state index in [1.807, 2.05) is 0 Å². The molecule has 0 heterocycles. The molecule has 2 aromatic rings. The number of nitro benzene ring substituents is 1. The second-order valence-electron chi connectivity index (χ2n) is 4.92. The fraction of sp³-hybridized carbons (Fsp3) is 0.125. The molecule has 0 unspecified atom stereocenters. The second kappa shape index (κ2) is 8.46. The third-order valence-corrected chi connectivity index (χ3v) is 3.62. The predicted octanol–water partition coefficient (Wildman–Crippen LogP) is 3.82. The van der Waals surface area contributed by atoms with Gasteiger partial charge < -0.3 is 4.74 Å². The second-order valence-corrected chi connectivity index (χ2v) is 5.76. The van der Waals surface area contributed by atoms with Gasteiger partial charge in [-0.15, -0.1) is 0 Å². The van der Waals surface area contributed by atoms with Crippen LogP contribution in [0.5, 0.6) is 5.75 Å². The van der Waals surface area contributed by atoms with Crippen LogP contribution in [-0.4, -0.2) is 23.1 Å². The Morgan fingerprint density at radius 1 is 1.28 bits per heavy atom. The van der Waals surface area contributed by atoms with Crippen molar-refractivity contribution >= 4 is 41.0 Å². The maximum Gasteiger partial charge on any atom is 0.288 e. The van der Waals surface area contributed by atoms with Crippen LogP contribution in [0.15, 0.2) is 47.6 Å². The maximum atomic E-state index is 11.9. The van der Waals surface area contributed by atoms with Crippen molar-refractivity contribution in [2.24, 2.45) is 5.10 Å². The number of nitrogens with one attached hydrogen (secondary N) is 1. The molecule has 25 heavy (non-hydrogen) atoms. The summed E-state index contributed by atoms with van der Waals surface area (Å²) in [6.45, 7) is 1.56. The van der Waals surface area contributed by atoms with E-state index in [4.69, 9.17) is 27.9 Å². The summed E-state index contributed by atoms with van der Waals surface area (Å²) in [5, 5.41) is 15.2. The summed E-state index contributed by atoms with van der Waals surface area (Å²) in [7, 11) is 0. The molecule has 1 atom stereocenters. The molecule has 2 rings (SSSR count). The Bertz CT molecular complexity index is 810. The lowest BCUT2D eigenvalue weighted by Gasteiger charge is -2.12. The zero-order chi connectivity index (χ0) is 18.4. The lowest BCUT2D eigenvalue weighted by Crippen LogP contribution is -2.33. The van der Waals surface area contributed by atoms with Gasteiger partial charge in [-0.1, -0.05) is 29.3 Å². The normalized spacial score (nSPS) is 12.0. The first kappa shape index (κ1) is 18.7. The van der Waals surface area contributed by atoms with Gasteiger partial charge >= 0.3 is 0 Å². The average molecular weight is 382 g/mol. The summed E-state index contributed by atoms with van der Waals surface area (Å²) in [5.41, 5.74) is 2.48. The minimum Gasteiger partial charge on any atom is -0.481 e. The van der Waals surface area contributed by atoms with Crippen molar-refractivity contribution in [2.75, 3.05) is 0 Å². The van der Waals surface area contributed by atoms with Crippen LogP contribution in [0.3, 0.4) is 0 Å². The topological polar surface area (TPSA) is 93.8 Å². The number of benzene rings is 2. The average Bonchev–Trinajstić information content (AvgIpc) is 2.58. The highest BCUT2D eigenvalue weighted by atomic mass is 35.5. The third kappa shape index (κ3) is 5.44. The van der Waals surface area contributed by atoms with Crippen LogP contribution in [0.25, 0.3) is 0 Å². The largest absolute Gasteiger partial charge is 0.481 e. The molecule has 1 N–H and O–H groups in total. The van der Waals surface area contributed by atoms with Crippen LogP contribution in [0.4, 0.5) is 5.69 Å². The van der Waals surface area contributed by atoms with E-state index in [2.05, 4.69) is 10.5 Å². The number of rotatable bonds is 6. The molecule has 0 radical (unpaired) electrons. The van der Waals surface area contributed by atoms with Crippen molar-refractivity contribution in [3.05, 3.63) is 68.2 Å². The van der Waals surface area contributed by atoms with Crippen LogP contribution in [0, 0.1) is 10.1 Å². The number of hydrogen-bond acceptors (Lipinski definition) is 5. The van der Waals surface area contributed by atoms with E-state index in [0.717, 1.165) is 0 Å². The molecule has 9 heteroatoms. The molecule has 0 aliphatic carbocycles. The molecule has 0 aliphatic rings. The third-order valence-electron chi connectivity index (χ3n) is 3.05. The highest BCUT2D eigenvalue weighted by Gasteiger charge is 2.14. The quantitative estimate of drug-likeness (QED) is 0.467. The minimum atomic E-state index is -0.794. The number of nitrogens with zero attached hydrogens (tertiary/aromatic N) is 2. The van der Waals surface area contributed by atoms with Crippen molar-refractivity contribution in [1.82, 2.24) is 5.43 Å². The highest BCUT2D eigenvalue weighted by Crippen LogP contribution is 2.24. The fourth-order valence-electron chi connectivity index (χ4n) is 1.78. The van der Waals surface area contributed by atoms with E-state index in [9.17, 15) is 14.9 Å². The molecule has 0 aliphatic heterocycles. The van der Waals surface area contributed by atoms with Gasteiger partial charge in [0.05, 0.1) is 11.1 Å². The van der Waals surface area contributed by atoms with Crippen LogP contribution in [0.2, 0.25) is 10.0 Å². The Morgan fingerprint density at radius 2 is 1.96 bits per heavy atom. The molecule has 1 amide bonds. The van der Waals surface area contributed by atoms with E-state index in [1.165, 1.54) is 18.3 Å². The predicted molar refractivity (Wildman–Crippen MR) is 95.4 cm³/mol. The lowest BCUT2D eigenvalue weighted by atomic mass is 10.2. The van der Waals surface area contributed by atoms with Crippen LogP contribution < -0.4 is 10.2 Å². The van der Waals surface area contributed by atoms with Crippen molar-refractivity contribution < 1.29 is 14.5 Å². The Morgan fingerprint density at radius 3 is 2.60 bits per heavy atom. The summed E-state index contributed by atoms with van der Waals surface area (Å²) >= 11 is 11.5. The maximum absolute atomic E-state index is 11.9. The molecule has 0 aromatic heterocycles. The van der Waals surface area contributed by atoms with Gasteiger partial charge in [0.2, 0.25) is 0 Å². The molecule has 130 valence electrons. The molecule has 7 nitrogen and oxygen atoms in total. The number of amides is 1. The van der Waals surface area contributed by atoms with Crippen molar-refractivity contribution in [3.8, 4) is 5.75 Å². The number of halogens is 2. The summed E-state index contributed by atoms with van der Waals surface area (Å²) in [4.78, 5) is 22.2. The SMILES string of the molecule is C[C@H](Oc1ccc(Cl)cc1)C(=O)N/N=C\c1ccc(Cl)c([N+](=O)[O-])c1. The van der Waals surface area contributed by atoms with E-state index in [-0.39, 0.29) is 10.7 Å². The Labute approximate surface area is 153 Å². The zero-order valence-corrected chi connectivity index (χ0v) is 14.5. The number of hydrazone groups is 1. The molecule has 0 spiro atoms. The van der Waals surface area contributed by atoms with Gasteiger partial charge in [0, 0.05) is 16.7 Å². The molecule has 2 aromatic carbocycles. The van der Waals surface area contributed by atoms with Gasteiger partial charge in [-0.25, -0.2) is 5.43 Å². The van der Waals surface area contributed by atoms with Crippen LogP contribution in [-0.2, 0) is 4.79 Å². The Balaban J connectivity index is 1.94.